The van der Waals surface area contributed by atoms with Crippen LogP contribution in [0.3, 0.4) is 0 Å². The molecule has 1 N–H and O–H groups in total. The van der Waals surface area contributed by atoms with E-state index in [0.29, 0.717) is 5.56 Å². The minimum atomic E-state index is -3.89. The van der Waals surface area contributed by atoms with E-state index in [0.717, 1.165) is 24.3 Å². The largest absolute Gasteiger partial charge is 0.465 e. The van der Waals surface area contributed by atoms with E-state index in [1.807, 2.05) is 0 Å². The van der Waals surface area contributed by atoms with Crippen molar-refractivity contribution in [2.75, 3.05) is 17.9 Å². The highest BCUT2D eigenvalue weighted by Gasteiger charge is 2.22. The number of esters is 1. The molecule has 0 radical (unpaired) electrons. The monoisotopic (exact) mass is 422 g/mol. The maximum atomic E-state index is 13.0. The molecule has 156 valence electrons. The molecular formula is C20H23FN2O5S. The third-order valence-corrected chi connectivity index (χ3v) is 5.39. The van der Waals surface area contributed by atoms with Crippen molar-refractivity contribution in [1.29, 1.82) is 0 Å². The van der Waals surface area contributed by atoms with Crippen LogP contribution >= 0.6 is 0 Å². The molecule has 0 spiro atoms. The standard InChI is InChI=1S/C20H23FN2O5S/c1-4-28-19(24)13-23(14(2)3)20(25)15-5-9-17(10-6-15)22-29(26,27)18-11-7-16(21)8-12-18/h5-12,14,22H,4,13H2,1-3H3. The van der Waals surface area contributed by atoms with Gasteiger partial charge in [-0.05, 0) is 69.3 Å². The van der Waals surface area contributed by atoms with Gasteiger partial charge in [-0.3, -0.25) is 14.3 Å². The highest BCUT2D eigenvalue weighted by Crippen LogP contribution is 2.18. The molecule has 0 saturated heterocycles. The summed E-state index contributed by atoms with van der Waals surface area (Å²) in [5.41, 5.74) is 0.542. The lowest BCUT2D eigenvalue weighted by Crippen LogP contribution is -2.41. The maximum absolute atomic E-state index is 13.0. The Kier molecular flexibility index (Phi) is 7.33. The number of hydrogen-bond donors (Lipinski definition) is 1. The molecule has 2 aromatic carbocycles. The molecule has 9 heteroatoms. The number of nitrogens with zero attached hydrogens (tertiary/aromatic N) is 1. The smallest absolute Gasteiger partial charge is 0.325 e. The molecule has 0 aliphatic heterocycles. The number of hydrogen-bond acceptors (Lipinski definition) is 5. The molecule has 0 aromatic heterocycles. The van der Waals surface area contributed by atoms with E-state index < -0.39 is 21.8 Å². The Labute approximate surface area is 169 Å². The number of ether oxygens (including phenoxy) is 1. The van der Waals surface area contributed by atoms with Crippen LogP contribution in [-0.2, 0) is 19.6 Å². The summed E-state index contributed by atoms with van der Waals surface area (Å²) in [6, 6.07) is 10.0. The van der Waals surface area contributed by atoms with Gasteiger partial charge in [0.05, 0.1) is 11.5 Å². The molecule has 0 aliphatic carbocycles. The molecule has 0 aliphatic rings. The molecule has 0 unspecified atom stereocenters. The van der Waals surface area contributed by atoms with E-state index in [-0.39, 0.29) is 35.7 Å². The van der Waals surface area contributed by atoms with Crippen molar-refractivity contribution in [3.63, 3.8) is 0 Å². The zero-order valence-electron chi connectivity index (χ0n) is 16.4. The van der Waals surface area contributed by atoms with Crippen LogP contribution in [0.25, 0.3) is 0 Å². The van der Waals surface area contributed by atoms with Gasteiger partial charge >= 0.3 is 5.97 Å². The number of carbonyl (C=O) groups excluding carboxylic acids is 2. The number of sulfonamides is 1. The van der Waals surface area contributed by atoms with E-state index in [1.54, 1.807) is 20.8 Å². The fourth-order valence-corrected chi connectivity index (χ4v) is 3.57. The maximum Gasteiger partial charge on any atom is 0.325 e. The molecule has 0 heterocycles. The fraction of sp³-hybridized carbons (Fsp3) is 0.300. The lowest BCUT2D eigenvalue weighted by molar-refractivity contribution is -0.144. The molecule has 2 rings (SSSR count). The number of carbonyl (C=O) groups is 2. The number of nitrogens with one attached hydrogen (secondary N) is 1. The van der Waals surface area contributed by atoms with Gasteiger partial charge in [-0.2, -0.15) is 0 Å². The third-order valence-electron chi connectivity index (χ3n) is 4.00. The van der Waals surface area contributed by atoms with E-state index in [4.69, 9.17) is 4.74 Å². The average Bonchev–Trinajstić information content (AvgIpc) is 2.66. The van der Waals surface area contributed by atoms with E-state index in [1.165, 1.54) is 29.2 Å². The van der Waals surface area contributed by atoms with Crippen LogP contribution in [0, 0.1) is 5.82 Å². The molecule has 29 heavy (non-hydrogen) atoms. The summed E-state index contributed by atoms with van der Waals surface area (Å²) >= 11 is 0. The van der Waals surface area contributed by atoms with Gasteiger partial charge in [0, 0.05) is 17.3 Å². The first kappa shape index (κ1) is 22.4. The first-order valence-corrected chi connectivity index (χ1v) is 10.5. The Morgan fingerprint density at radius 2 is 1.66 bits per heavy atom. The lowest BCUT2D eigenvalue weighted by atomic mass is 10.1. The summed E-state index contributed by atoms with van der Waals surface area (Å²) in [6.45, 7) is 5.29. The van der Waals surface area contributed by atoms with Crippen LogP contribution in [0.1, 0.15) is 31.1 Å². The summed E-state index contributed by atoms with van der Waals surface area (Å²) in [6.07, 6.45) is 0. The molecule has 0 bridgehead atoms. The Hall–Kier alpha value is -2.94. The predicted molar refractivity (Wildman–Crippen MR) is 106 cm³/mol. The average molecular weight is 422 g/mol. The lowest BCUT2D eigenvalue weighted by Gasteiger charge is -2.25. The van der Waals surface area contributed by atoms with Gasteiger partial charge in [0.15, 0.2) is 0 Å². The minimum Gasteiger partial charge on any atom is -0.465 e. The molecule has 7 nitrogen and oxygen atoms in total. The highest BCUT2D eigenvalue weighted by molar-refractivity contribution is 7.92. The molecular weight excluding hydrogens is 399 g/mol. The first-order valence-electron chi connectivity index (χ1n) is 8.99. The van der Waals surface area contributed by atoms with Crippen molar-refractivity contribution in [1.82, 2.24) is 4.90 Å². The summed E-state index contributed by atoms with van der Waals surface area (Å²) < 4.78 is 45.0. The Bertz CT molecular complexity index is 957. The summed E-state index contributed by atoms with van der Waals surface area (Å²) in [5.74, 6) is -1.41. The summed E-state index contributed by atoms with van der Waals surface area (Å²) in [7, 11) is -3.89. The highest BCUT2D eigenvalue weighted by atomic mass is 32.2. The first-order chi connectivity index (χ1) is 13.6. The van der Waals surface area contributed by atoms with Crippen LogP contribution in [0.5, 0.6) is 0 Å². The van der Waals surface area contributed by atoms with Gasteiger partial charge < -0.3 is 9.64 Å². The van der Waals surface area contributed by atoms with Crippen LogP contribution < -0.4 is 4.72 Å². The Balaban J connectivity index is 2.14. The van der Waals surface area contributed by atoms with Gasteiger partial charge in [-0.25, -0.2) is 12.8 Å². The Morgan fingerprint density at radius 1 is 1.07 bits per heavy atom. The number of anilines is 1. The second kappa shape index (κ2) is 9.51. The van der Waals surface area contributed by atoms with Crippen LogP contribution in [-0.4, -0.2) is 44.4 Å². The van der Waals surface area contributed by atoms with Gasteiger partial charge in [0.1, 0.15) is 12.4 Å². The Morgan fingerprint density at radius 3 is 2.17 bits per heavy atom. The normalized spacial score (nSPS) is 11.2. The number of benzene rings is 2. The SMILES string of the molecule is CCOC(=O)CN(C(=O)c1ccc(NS(=O)(=O)c2ccc(F)cc2)cc1)C(C)C. The second-order valence-corrected chi connectivity index (χ2v) is 8.15. The molecule has 2 aromatic rings. The van der Waals surface area contributed by atoms with Gasteiger partial charge in [-0.15, -0.1) is 0 Å². The van der Waals surface area contributed by atoms with Gasteiger partial charge in [-0.1, -0.05) is 0 Å². The van der Waals surface area contributed by atoms with Crippen LogP contribution in [0.15, 0.2) is 53.4 Å². The van der Waals surface area contributed by atoms with Crippen molar-refractivity contribution in [2.45, 2.75) is 31.7 Å². The predicted octanol–water partition coefficient (Wildman–Crippen LogP) is 3.04. The number of amides is 1. The van der Waals surface area contributed by atoms with Crippen molar-refractivity contribution < 1.29 is 27.1 Å². The molecule has 0 fully saturated rings. The van der Waals surface area contributed by atoms with Crippen molar-refractivity contribution in [3.05, 3.63) is 59.9 Å². The van der Waals surface area contributed by atoms with E-state index in [9.17, 15) is 22.4 Å². The van der Waals surface area contributed by atoms with Crippen molar-refractivity contribution in [3.8, 4) is 0 Å². The quantitative estimate of drug-likeness (QED) is 0.660. The number of rotatable bonds is 8. The zero-order chi connectivity index (χ0) is 21.6. The van der Waals surface area contributed by atoms with Crippen LogP contribution in [0.2, 0.25) is 0 Å². The summed E-state index contributed by atoms with van der Waals surface area (Å²) in [4.78, 5) is 25.8. The molecule has 0 saturated carbocycles. The van der Waals surface area contributed by atoms with Gasteiger partial charge in [0.25, 0.3) is 15.9 Å². The second-order valence-electron chi connectivity index (χ2n) is 6.47. The van der Waals surface area contributed by atoms with Crippen molar-refractivity contribution >= 4 is 27.6 Å². The third kappa shape index (κ3) is 6.02. The summed E-state index contributed by atoms with van der Waals surface area (Å²) in [5, 5.41) is 0. The topological polar surface area (TPSA) is 92.8 Å². The number of halogens is 1. The van der Waals surface area contributed by atoms with E-state index in [2.05, 4.69) is 4.72 Å². The van der Waals surface area contributed by atoms with Crippen LogP contribution in [0.4, 0.5) is 10.1 Å². The van der Waals surface area contributed by atoms with Crippen molar-refractivity contribution in [2.24, 2.45) is 0 Å². The molecule has 0 atom stereocenters. The van der Waals surface area contributed by atoms with E-state index >= 15 is 0 Å². The minimum absolute atomic E-state index is 0.0838. The van der Waals surface area contributed by atoms with Gasteiger partial charge in [0.2, 0.25) is 0 Å². The fourth-order valence-electron chi connectivity index (χ4n) is 2.51. The molecule has 1 amide bonds. The zero-order valence-corrected chi connectivity index (χ0v) is 17.2.